The first-order chi connectivity index (χ1) is 10.3. The molecule has 2 nitrogen and oxygen atoms in total. The molecule has 0 heterocycles. The van der Waals surface area contributed by atoms with E-state index in [-0.39, 0.29) is 0 Å². The van der Waals surface area contributed by atoms with Crippen LogP contribution in [-0.2, 0) is 4.74 Å². The minimum Gasteiger partial charge on any atom is -0.380 e. The Labute approximate surface area is 134 Å². The van der Waals surface area contributed by atoms with Crippen LogP contribution in [0, 0.1) is 0 Å². The zero-order chi connectivity index (χ0) is 15.6. The van der Waals surface area contributed by atoms with Crippen LogP contribution in [0.5, 0.6) is 0 Å². The highest BCUT2D eigenvalue weighted by molar-refractivity contribution is 4.66. The molecule has 0 rings (SSSR count). The van der Waals surface area contributed by atoms with Crippen LogP contribution in [0.15, 0.2) is 0 Å². The van der Waals surface area contributed by atoms with E-state index in [1.54, 1.807) is 0 Å². The van der Waals surface area contributed by atoms with Crippen LogP contribution < -0.4 is 5.32 Å². The van der Waals surface area contributed by atoms with Gasteiger partial charge in [0.15, 0.2) is 0 Å². The van der Waals surface area contributed by atoms with Crippen LogP contribution in [0.2, 0.25) is 0 Å². The second-order valence-corrected chi connectivity index (χ2v) is 6.34. The fourth-order valence-electron chi connectivity index (χ4n) is 2.66. The Kier molecular flexibility index (Phi) is 17.9. The van der Waals surface area contributed by atoms with Crippen LogP contribution in [0.3, 0.4) is 0 Å². The molecule has 1 atom stereocenters. The summed E-state index contributed by atoms with van der Waals surface area (Å²) in [6.07, 6.45) is 16.3. The van der Waals surface area contributed by atoms with Crippen molar-refractivity contribution >= 4 is 0 Å². The smallest absolute Gasteiger partial charge is 0.0619 e. The standard InChI is InChI=1S/C19H41NO/c1-4-7-8-9-10-11-12-13-14-15-19(20-16-5-2)18-21-17-6-3/h19-20H,4-18H2,1-3H3. The van der Waals surface area contributed by atoms with Gasteiger partial charge in [0.2, 0.25) is 0 Å². The molecule has 0 aromatic heterocycles. The van der Waals surface area contributed by atoms with E-state index in [2.05, 4.69) is 26.1 Å². The number of ether oxygens (including phenoxy) is 1. The first-order valence-electron chi connectivity index (χ1n) is 9.66. The Balaban J connectivity index is 3.44. The second kappa shape index (κ2) is 18.0. The number of nitrogens with one attached hydrogen (secondary N) is 1. The first-order valence-corrected chi connectivity index (χ1v) is 9.66. The van der Waals surface area contributed by atoms with Gasteiger partial charge in [-0.05, 0) is 25.8 Å². The maximum Gasteiger partial charge on any atom is 0.0619 e. The molecule has 21 heavy (non-hydrogen) atoms. The van der Waals surface area contributed by atoms with Crippen LogP contribution in [-0.4, -0.2) is 25.8 Å². The van der Waals surface area contributed by atoms with Crippen molar-refractivity contribution in [3.8, 4) is 0 Å². The van der Waals surface area contributed by atoms with Crippen molar-refractivity contribution < 1.29 is 4.74 Å². The third-order valence-electron chi connectivity index (χ3n) is 4.01. The van der Waals surface area contributed by atoms with Crippen molar-refractivity contribution in [2.24, 2.45) is 0 Å². The molecule has 0 aliphatic rings. The summed E-state index contributed by atoms with van der Waals surface area (Å²) in [5.41, 5.74) is 0. The number of unbranched alkanes of at least 4 members (excludes halogenated alkanes) is 8. The van der Waals surface area contributed by atoms with E-state index in [1.165, 1.54) is 70.6 Å². The van der Waals surface area contributed by atoms with Gasteiger partial charge in [-0.3, -0.25) is 0 Å². The zero-order valence-corrected chi connectivity index (χ0v) is 15.1. The Hall–Kier alpha value is -0.0800. The predicted octanol–water partition coefficient (Wildman–Crippen LogP) is 5.70. The molecule has 0 aliphatic heterocycles. The molecule has 0 aromatic rings. The second-order valence-electron chi connectivity index (χ2n) is 6.34. The molecule has 0 saturated heterocycles. The van der Waals surface area contributed by atoms with Crippen LogP contribution in [0.25, 0.3) is 0 Å². The van der Waals surface area contributed by atoms with E-state index in [9.17, 15) is 0 Å². The van der Waals surface area contributed by atoms with Crippen molar-refractivity contribution in [2.45, 2.75) is 104 Å². The summed E-state index contributed by atoms with van der Waals surface area (Å²) < 4.78 is 5.71. The van der Waals surface area contributed by atoms with Crippen molar-refractivity contribution in [3.63, 3.8) is 0 Å². The summed E-state index contributed by atoms with van der Waals surface area (Å²) in [5, 5.41) is 3.63. The van der Waals surface area contributed by atoms with Crippen LogP contribution in [0.4, 0.5) is 0 Å². The summed E-state index contributed by atoms with van der Waals surface area (Å²) in [4.78, 5) is 0. The van der Waals surface area contributed by atoms with Crippen molar-refractivity contribution in [1.82, 2.24) is 5.32 Å². The SMILES string of the molecule is CCCCCCCCCCCC(COCCC)NCCC. The van der Waals surface area contributed by atoms with E-state index in [4.69, 9.17) is 4.74 Å². The van der Waals surface area contributed by atoms with Crippen molar-refractivity contribution in [2.75, 3.05) is 19.8 Å². The molecule has 0 bridgehead atoms. The van der Waals surface area contributed by atoms with Gasteiger partial charge in [0.1, 0.15) is 0 Å². The highest BCUT2D eigenvalue weighted by Crippen LogP contribution is 2.11. The largest absolute Gasteiger partial charge is 0.380 e. The molecular formula is C19H41NO. The topological polar surface area (TPSA) is 21.3 Å². The maximum atomic E-state index is 5.71. The molecule has 0 amide bonds. The van der Waals surface area contributed by atoms with E-state index < -0.39 is 0 Å². The third-order valence-corrected chi connectivity index (χ3v) is 4.01. The molecule has 2 heteroatoms. The Morgan fingerprint density at radius 3 is 1.90 bits per heavy atom. The molecule has 0 saturated carbocycles. The van der Waals surface area contributed by atoms with Crippen LogP contribution in [0.1, 0.15) is 97.8 Å². The molecule has 1 unspecified atom stereocenters. The first kappa shape index (κ1) is 20.9. The summed E-state index contributed by atoms with van der Waals surface area (Å²) >= 11 is 0. The molecule has 1 N–H and O–H groups in total. The third kappa shape index (κ3) is 16.1. The van der Waals surface area contributed by atoms with Gasteiger partial charge >= 0.3 is 0 Å². The molecule has 0 fully saturated rings. The van der Waals surface area contributed by atoms with E-state index in [0.29, 0.717) is 6.04 Å². The Bertz CT molecular complexity index is 184. The Morgan fingerprint density at radius 1 is 0.714 bits per heavy atom. The lowest BCUT2D eigenvalue weighted by Crippen LogP contribution is -2.34. The zero-order valence-electron chi connectivity index (χ0n) is 15.1. The molecule has 0 aliphatic carbocycles. The van der Waals surface area contributed by atoms with Gasteiger partial charge in [-0.25, -0.2) is 0 Å². The van der Waals surface area contributed by atoms with E-state index >= 15 is 0 Å². The van der Waals surface area contributed by atoms with Crippen LogP contribution >= 0.6 is 0 Å². The molecule has 0 radical (unpaired) electrons. The maximum absolute atomic E-state index is 5.71. The summed E-state index contributed by atoms with van der Waals surface area (Å²) in [7, 11) is 0. The normalized spacial score (nSPS) is 12.7. The van der Waals surface area contributed by atoms with E-state index in [1.807, 2.05) is 0 Å². The fourth-order valence-corrected chi connectivity index (χ4v) is 2.66. The van der Waals surface area contributed by atoms with Gasteiger partial charge in [0.05, 0.1) is 6.61 Å². The molecule has 0 spiro atoms. The minimum atomic E-state index is 0.570. The number of hydrogen-bond acceptors (Lipinski definition) is 2. The summed E-state index contributed by atoms with van der Waals surface area (Å²) in [5.74, 6) is 0. The Morgan fingerprint density at radius 2 is 1.33 bits per heavy atom. The minimum absolute atomic E-state index is 0.570. The molecular weight excluding hydrogens is 258 g/mol. The quantitative estimate of drug-likeness (QED) is 0.348. The van der Waals surface area contributed by atoms with Crippen molar-refractivity contribution in [1.29, 1.82) is 0 Å². The van der Waals surface area contributed by atoms with Gasteiger partial charge in [-0.1, -0.05) is 78.6 Å². The average molecular weight is 300 g/mol. The summed E-state index contributed by atoms with van der Waals surface area (Å²) in [6.45, 7) is 9.61. The van der Waals surface area contributed by atoms with Gasteiger partial charge < -0.3 is 10.1 Å². The van der Waals surface area contributed by atoms with E-state index in [0.717, 1.165) is 26.2 Å². The lowest BCUT2D eigenvalue weighted by atomic mass is 10.0. The van der Waals surface area contributed by atoms with Gasteiger partial charge in [-0.2, -0.15) is 0 Å². The fraction of sp³-hybridized carbons (Fsp3) is 1.00. The average Bonchev–Trinajstić information content (AvgIpc) is 2.50. The molecule has 0 aromatic carbocycles. The lowest BCUT2D eigenvalue weighted by Gasteiger charge is -2.18. The van der Waals surface area contributed by atoms with Gasteiger partial charge in [0.25, 0.3) is 0 Å². The lowest BCUT2D eigenvalue weighted by molar-refractivity contribution is 0.108. The molecule has 128 valence electrons. The van der Waals surface area contributed by atoms with Crippen molar-refractivity contribution in [3.05, 3.63) is 0 Å². The summed E-state index contributed by atoms with van der Waals surface area (Å²) in [6, 6.07) is 0.570. The van der Waals surface area contributed by atoms with Gasteiger partial charge in [0, 0.05) is 12.6 Å². The number of rotatable bonds is 17. The number of hydrogen-bond donors (Lipinski definition) is 1. The highest BCUT2D eigenvalue weighted by Gasteiger charge is 2.07. The van der Waals surface area contributed by atoms with Gasteiger partial charge in [-0.15, -0.1) is 0 Å². The predicted molar refractivity (Wildman–Crippen MR) is 95.0 cm³/mol. The highest BCUT2D eigenvalue weighted by atomic mass is 16.5. The monoisotopic (exact) mass is 299 g/mol.